The molecule has 7 nitrogen and oxygen atoms in total. The molecule has 0 unspecified atom stereocenters. The molecule has 4 atom stereocenters. The number of benzene rings is 1. The predicted molar refractivity (Wildman–Crippen MR) is 85.7 cm³/mol. The number of aryl methyl sites for hydroxylation is 1. The van der Waals surface area contributed by atoms with E-state index in [1.54, 1.807) is 17.0 Å². The summed E-state index contributed by atoms with van der Waals surface area (Å²) in [6.45, 7) is 1.71. The third kappa shape index (κ3) is 3.79. The predicted octanol–water partition coefficient (Wildman–Crippen LogP) is 0.464. The van der Waals surface area contributed by atoms with E-state index in [9.17, 15) is 20.1 Å². The number of hydrogen-bond acceptors (Lipinski definition) is 6. The molecule has 132 valence electrons. The van der Waals surface area contributed by atoms with Gasteiger partial charge in [0.1, 0.15) is 24.6 Å². The molecule has 1 aromatic carbocycles. The number of aliphatic hydroxyl groups excluding tert-OH is 2. The number of aromatic nitrogens is 1. The highest BCUT2D eigenvalue weighted by atomic mass is 16.6. The van der Waals surface area contributed by atoms with Crippen molar-refractivity contribution >= 4 is 5.97 Å². The van der Waals surface area contributed by atoms with Gasteiger partial charge >= 0.3 is 5.97 Å². The lowest BCUT2D eigenvalue weighted by molar-refractivity contribution is -0.766. The Bertz CT molecular complexity index is 747. The lowest BCUT2D eigenvalue weighted by atomic mass is 10.1. The van der Waals surface area contributed by atoms with Gasteiger partial charge in [-0.3, -0.25) is 0 Å². The molecule has 0 radical (unpaired) electrons. The first-order chi connectivity index (χ1) is 12.0. The summed E-state index contributed by atoms with van der Waals surface area (Å²) in [6.07, 6.45) is -0.375. The molecule has 7 heteroatoms. The van der Waals surface area contributed by atoms with Gasteiger partial charge in [0.05, 0.1) is 5.56 Å². The highest BCUT2D eigenvalue weighted by Gasteiger charge is 2.48. The van der Waals surface area contributed by atoms with Crippen LogP contribution in [0.2, 0.25) is 0 Å². The number of nitrogens with zero attached hydrogens (tertiary/aromatic N) is 1. The van der Waals surface area contributed by atoms with Gasteiger partial charge in [-0.1, -0.05) is 0 Å². The highest BCUT2D eigenvalue weighted by molar-refractivity contribution is 5.89. The summed E-state index contributed by atoms with van der Waals surface area (Å²) in [5.41, 5.74) is 1.26. The van der Waals surface area contributed by atoms with Crippen LogP contribution >= 0.6 is 0 Å². The van der Waals surface area contributed by atoms with Crippen molar-refractivity contribution in [3.63, 3.8) is 0 Å². The molecule has 3 N–H and O–H groups in total. The standard InChI is InChI=1S/C18H19NO6/c1-11-3-2-8-19(9-11)17-16(22)15(21)14(25-17)10-24-18(23)12-4-6-13(20)7-5-12/h2-9,14-17,21-22H,10H2,1H3/p+1/t14-,15-,16-,17+/m1/s1. The topological polar surface area (TPSA) is 100 Å². The average Bonchev–Trinajstić information content (AvgIpc) is 2.88. The Morgan fingerprint density at radius 1 is 1.20 bits per heavy atom. The van der Waals surface area contributed by atoms with Gasteiger partial charge in [-0.05, 0) is 37.3 Å². The van der Waals surface area contributed by atoms with Crippen molar-refractivity contribution in [2.75, 3.05) is 6.61 Å². The molecular formula is C18H20NO6+. The molecule has 1 saturated heterocycles. The number of ether oxygens (including phenoxy) is 2. The minimum atomic E-state index is -1.18. The SMILES string of the molecule is Cc1ccc[n+]([C@H]2O[C@H](COC(=O)c3ccc(O)cc3)[C@@H](O)[C@H]2O)c1. The first-order valence-electron chi connectivity index (χ1n) is 7.91. The molecule has 0 aliphatic carbocycles. The van der Waals surface area contributed by atoms with Gasteiger partial charge in [0, 0.05) is 11.6 Å². The zero-order valence-electron chi connectivity index (χ0n) is 13.6. The van der Waals surface area contributed by atoms with E-state index >= 15 is 0 Å². The Kier molecular flexibility index (Phi) is 4.98. The highest BCUT2D eigenvalue weighted by Crippen LogP contribution is 2.26. The van der Waals surface area contributed by atoms with Crippen molar-refractivity contribution < 1.29 is 34.2 Å². The number of carbonyl (C=O) groups is 1. The van der Waals surface area contributed by atoms with E-state index in [1.165, 1.54) is 24.3 Å². The van der Waals surface area contributed by atoms with Gasteiger partial charge < -0.3 is 24.8 Å². The fraction of sp³-hybridized carbons (Fsp3) is 0.333. The number of aromatic hydroxyl groups is 1. The number of aliphatic hydroxyl groups is 2. The van der Waals surface area contributed by atoms with Gasteiger partial charge in [0.25, 0.3) is 6.23 Å². The van der Waals surface area contributed by atoms with E-state index < -0.39 is 30.5 Å². The second-order valence-corrected chi connectivity index (χ2v) is 6.02. The smallest absolute Gasteiger partial charge is 0.338 e. The molecule has 1 fully saturated rings. The molecule has 3 rings (SSSR count). The van der Waals surface area contributed by atoms with Gasteiger partial charge in [-0.2, -0.15) is 4.57 Å². The van der Waals surface area contributed by atoms with Crippen molar-refractivity contribution in [2.24, 2.45) is 0 Å². The van der Waals surface area contributed by atoms with Crippen molar-refractivity contribution in [1.82, 2.24) is 0 Å². The van der Waals surface area contributed by atoms with Crippen molar-refractivity contribution in [2.45, 2.75) is 31.5 Å². The Morgan fingerprint density at radius 3 is 2.60 bits per heavy atom. The third-order valence-electron chi connectivity index (χ3n) is 4.08. The Balaban J connectivity index is 1.63. The van der Waals surface area contributed by atoms with Crippen LogP contribution in [0.5, 0.6) is 5.75 Å². The number of pyridine rings is 1. The maximum atomic E-state index is 12.0. The quantitative estimate of drug-likeness (QED) is 0.550. The Hall–Kier alpha value is -2.48. The summed E-state index contributed by atoms with van der Waals surface area (Å²) in [6, 6.07) is 9.35. The summed E-state index contributed by atoms with van der Waals surface area (Å²) >= 11 is 0. The maximum absolute atomic E-state index is 12.0. The summed E-state index contributed by atoms with van der Waals surface area (Å²) < 4.78 is 12.5. The molecule has 1 aliphatic heterocycles. The van der Waals surface area contributed by atoms with Crippen LogP contribution in [0.25, 0.3) is 0 Å². The molecule has 1 aromatic heterocycles. The molecule has 0 spiro atoms. The van der Waals surface area contributed by atoms with E-state index in [4.69, 9.17) is 9.47 Å². The number of phenols is 1. The van der Waals surface area contributed by atoms with Crippen LogP contribution in [0.3, 0.4) is 0 Å². The van der Waals surface area contributed by atoms with Gasteiger partial charge in [0.2, 0.25) is 0 Å². The van der Waals surface area contributed by atoms with Crippen molar-refractivity contribution in [3.05, 3.63) is 59.9 Å². The van der Waals surface area contributed by atoms with Gasteiger partial charge in [-0.15, -0.1) is 0 Å². The number of rotatable bonds is 4. The van der Waals surface area contributed by atoms with Crippen molar-refractivity contribution in [3.8, 4) is 5.75 Å². The fourth-order valence-electron chi connectivity index (χ4n) is 2.73. The number of carbonyl (C=O) groups excluding carboxylic acids is 1. The summed E-state index contributed by atoms with van der Waals surface area (Å²) in [5.74, 6) is -0.552. The summed E-state index contributed by atoms with van der Waals surface area (Å²) in [4.78, 5) is 12.0. The van der Waals surface area contributed by atoms with Crippen molar-refractivity contribution in [1.29, 1.82) is 0 Å². The largest absolute Gasteiger partial charge is 0.508 e. The normalized spacial score (nSPS) is 25.7. The average molecular weight is 346 g/mol. The number of esters is 1. The summed E-state index contributed by atoms with van der Waals surface area (Å²) in [5, 5.41) is 29.6. The van der Waals surface area contributed by atoms with Crippen LogP contribution in [-0.4, -0.2) is 46.2 Å². The van der Waals surface area contributed by atoms with Crippen LogP contribution < -0.4 is 4.57 Å². The van der Waals surface area contributed by atoms with Crippen LogP contribution in [0, 0.1) is 6.92 Å². The number of hydrogen-bond donors (Lipinski definition) is 3. The zero-order valence-corrected chi connectivity index (χ0v) is 13.6. The van der Waals surface area contributed by atoms with E-state index in [2.05, 4.69) is 0 Å². The monoisotopic (exact) mass is 346 g/mol. The molecule has 0 saturated carbocycles. The Morgan fingerprint density at radius 2 is 1.92 bits per heavy atom. The van der Waals surface area contributed by atoms with Crippen LogP contribution in [0.1, 0.15) is 22.1 Å². The molecule has 25 heavy (non-hydrogen) atoms. The first kappa shape index (κ1) is 17.3. The minimum Gasteiger partial charge on any atom is -0.508 e. The summed E-state index contributed by atoms with van der Waals surface area (Å²) in [7, 11) is 0. The molecular weight excluding hydrogens is 326 g/mol. The molecule has 1 aliphatic rings. The van der Waals surface area contributed by atoms with E-state index in [0.717, 1.165) is 5.56 Å². The second-order valence-electron chi connectivity index (χ2n) is 6.02. The molecule has 0 amide bonds. The van der Waals surface area contributed by atoms with Crippen LogP contribution in [-0.2, 0) is 9.47 Å². The maximum Gasteiger partial charge on any atom is 0.338 e. The zero-order chi connectivity index (χ0) is 18.0. The fourth-order valence-corrected chi connectivity index (χ4v) is 2.73. The van der Waals surface area contributed by atoms with Gasteiger partial charge in [0.15, 0.2) is 18.5 Å². The lowest BCUT2D eigenvalue weighted by Crippen LogP contribution is -2.45. The third-order valence-corrected chi connectivity index (χ3v) is 4.08. The van der Waals surface area contributed by atoms with E-state index in [-0.39, 0.29) is 17.9 Å². The molecule has 2 heterocycles. The number of phenolic OH excluding ortho intramolecular Hbond substituents is 1. The van der Waals surface area contributed by atoms with E-state index in [1.807, 2.05) is 19.1 Å². The Labute approximate surface area is 144 Å². The van der Waals surface area contributed by atoms with Crippen LogP contribution in [0.4, 0.5) is 0 Å². The minimum absolute atomic E-state index is 0.0484. The van der Waals surface area contributed by atoms with Gasteiger partial charge in [-0.25, -0.2) is 4.79 Å². The molecule has 2 aromatic rings. The molecule has 0 bridgehead atoms. The second kappa shape index (κ2) is 7.18. The first-order valence-corrected chi connectivity index (χ1v) is 7.91. The van der Waals surface area contributed by atoms with E-state index in [0.29, 0.717) is 0 Å². The van der Waals surface area contributed by atoms with Crippen LogP contribution in [0.15, 0.2) is 48.8 Å². The lowest BCUT2D eigenvalue weighted by Gasteiger charge is -2.13.